The van der Waals surface area contributed by atoms with Crippen LogP contribution in [0.4, 0.5) is 0 Å². The van der Waals surface area contributed by atoms with E-state index in [4.69, 9.17) is 9.47 Å². The number of likely N-dealkylation sites (N-methyl/N-ethyl adjacent to an activating group) is 1. The quantitative estimate of drug-likeness (QED) is 0.691. The Morgan fingerprint density at radius 1 is 1.21 bits per heavy atom. The highest BCUT2D eigenvalue weighted by molar-refractivity contribution is 7.18. The lowest BCUT2D eigenvalue weighted by atomic mass is 10.1. The molecule has 1 aromatic heterocycles. The van der Waals surface area contributed by atoms with Gasteiger partial charge >= 0.3 is 0 Å². The third kappa shape index (κ3) is 4.26. The van der Waals surface area contributed by atoms with Gasteiger partial charge in [-0.25, -0.2) is 4.98 Å². The summed E-state index contributed by atoms with van der Waals surface area (Å²) in [6, 6.07) is 13.8. The number of benzene rings is 2. The van der Waals surface area contributed by atoms with Gasteiger partial charge in [-0.1, -0.05) is 18.2 Å². The van der Waals surface area contributed by atoms with Crippen molar-refractivity contribution in [2.75, 3.05) is 26.8 Å². The summed E-state index contributed by atoms with van der Waals surface area (Å²) in [7, 11) is 1.93. The molecule has 4 rings (SSSR count). The van der Waals surface area contributed by atoms with E-state index >= 15 is 0 Å². The molecule has 0 bridgehead atoms. The molecule has 146 valence electrons. The molecule has 2 aromatic carbocycles. The van der Waals surface area contributed by atoms with Crippen molar-refractivity contribution in [2.24, 2.45) is 0 Å². The highest BCUT2D eigenvalue weighted by atomic mass is 32.1. The van der Waals surface area contributed by atoms with Crippen LogP contribution in [0, 0.1) is 0 Å². The van der Waals surface area contributed by atoms with Crippen LogP contribution >= 0.6 is 11.3 Å². The first-order valence-corrected chi connectivity index (χ1v) is 10.1. The van der Waals surface area contributed by atoms with Crippen molar-refractivity contribution in [3.63, 3.8) is 0 Å². The van der Waals surface area contributed by atoms with E-state index in [0.717, 1.165) is 27.6 Å². The van der Waals surface area contributed by atoms with Gasteiger partial charge in [0.2, 0.25) is 5.91 Å². The third-order valence-corrected chi connectivity index (χ3v) is 5.62. The van der Waals surface area contributed by atoms with Gasteiger partial charge in [-0.2, -0.15) is 0 Å². The van der Waals surface area contributed by atoms with Gasteiger partial charge in [0.25, 0.3) is 0 Å². The third-order valence-electron chi connectivity index (χ3n) is 4.60. The second-order valence-corrected chi connectivity index (χ2v) is 8.06. The molecule has 0 saturated carbocycles. The summed E-state index contributed by atoms with van der Waals surface area (Å²) in [4.78, 5) is 19.1. The van der Waals surface area contributed by atoms with Gasteiger partial charge < -0.3 is 14.8 Å². The maximum Gasteiger partial charge on any atom is 0.234 e. The molecule has 28 heavy (non-hydrogen) atoms. The number of nitrogens with one attached hydrogen (secondary N) is 1. The summed E-state index contributed by atoms with van der Waals surface area (Å²) in [5, 5.41) is 4.06. The van der Waals surface area contributed by atoms with Crippen LogP contribution < -0.4 is 14.8 Å². The highest BCUT2D eigenvalue weighted by Crippen LogP contribution is 2.32. The Balaban J connectivity index is 1.33. The Bertz CT molecular complexity index is 955. The monoisotopic (exact) mass is 397 g/mol. The van der Waals surface area contributed by atoms with Crippen molar-refractivity contribution in [1.82, 2.24) is 15.2 Å². The molecule has 7 heteroatoms. The number of ether oxygens (including phenoxy) is 2. The summed E-state index contributed by atoms with van der Waals surface area (Å²) in [6.45, 7) is 4.04. The van der Waals surface area contributed by atoms with Crippen LogP contribution in [0.5, 0.6) is 11.5 Å². The van der Waals surface area contributed by atoms with E-state index in [-0.39, 0.29) is 11.9 Å². The van der Waals surface area contributed by atoms with E-state index in [9.17, 15) is 4.79 Å². The number of carbonyl (C=O) groups excluding carboxylic acids is 1. The molecule has 0 unspecified atom stereocenters. The van der Waals surface area contributed by atoms with Crippen molar-refractivity contribution in [3.8, 4) is 11.5 Å². The lowest BCUT2D eigenvalue weighted by Crippen LogP contribution is -2.36. The Morgan fingerprint density at radius 3 is 2.82 bits per heavy atom. The average molecular weight is 398 g/mol. The fraction of sp³-hybridized carbons (Fsp3) is 0.333. The first-order chi connectivity index (χ1) is 13.6. The molecule has 1 N–H and O–H groups in total. The number of carbonyl (C=O) groups is 1. The van der Waals surface area contributed by atoms with Crippen molar-refractivity contribution in [3.05, 3.63) is 53.0 Å². The fourth-order valence-electron chi connectivity index (χ4n) is 3.22. The van der Waals surface area contributed by atoms with Crippen LogP contribution in [0.1, 0.15) is 23.5 Å². The second kappa shape index (κ2) is 8.16. The second-order valence-electron chi connectivity index (χ2n) is 6.94. The van der Waals surface area contributed by atoms with Gasteiger partial charge in [-0.3, -0.25) is 9.69 Å². The number of aromatic nitrogens is 1. The van der Waals surface area contributed by atoms with E-state index in [1.807, 2.05) is 55.3 Å². The lowest BCUT2D eigenvalue weighted by Gasteiger charge is -2.22. The normalized spacial score (nSPS) is 14.2. The molecule has 1 aliphatic rings. The van der Waals surface area contributed by atoms with Crippen molar-refractivity contribution in [1.29, 1.82) is 0 Å². The molecule has 1 aliphatic heterocycles. The smallest absolute Gasteiger partial charge is 0.234 e. The van der Waals surface area contributed by atoms with Crippen LogP contribution in [0.25, 0.3) is 10.2 Å². The Hall–Kier alpha value is -2.64. The molecule has 0 fully saturated rings. The van der Waals surface area contributed by atoms with Gasteiger partial charge in [0.05, 0.1) is 29.3 Å². The molecule has 3 aromatic rings. The van der Waals surface area contributed by atoms with Crippen LogP contribution in [-0.4, -0.2) is 42.6 Å². The van der Waals surface area contributed by atoms with Crippen molar-refractivity contribution >= 4 is 27.5 Å². The van der Waals surface area contributed by atoms with Crippen LogP contribution in [0.2, 0.25) is 0 Å². The number of rotatable bonds is 6. The zero-order chi connectivity index (χ0) is 19.5. The predicted octanol–water partition coefficient (Wildman–Crippen LogP) is 3.38. The van der Waals surface area contributed by atoms with E-state index in [2.05, 4.69) is 16.4 Å². The molecule has 1 atom stereocenters. The zero-order valence-electron chi connectivity index (χ0n) is 16.0. The molecule has 0 saturated heterocycles. The summed E-state index contributed by atoms with van der Waals surface area (Å²) in [5.41, 5.74) is 2.00. The average Bonchev–Trinajstić information content (AvgIpc) is 3.09. The van der Waals surface area contributed by atoms with Crippen LogP contribution in [-0.2, 0) is 11.3 Å². The molecular weight excluding hydrogens is 374 g/mol. The Labute approximate surface area is 168 Å². The minimum Gasteiger partial charge on any atom is -0.486 e. The Kier molecular flexibility index (Phi) is 5.45. The first kappa shape index (κ1) is 18.7. The molecule has 2 heterocycles. The molecule has 1 amide bonds. The maximum absolute atomic E-state index is 12.5. The van der Waals surface area contributed by atoms with Gasteiger partial charge in [-0.15, -0.1) is 11.3 Å². The SMILES string of the molecule is C[C@@H](NC(=O)CN(C)Cc1nc2ccccc2s1)c1ccc2c(c1)OCCO2. The fourth-order valence-corrected chi connectivity index (χ4v) is 4.27. The van der Waals surface area contributed by atoms with E-state index in [1.165, 1.54) is 4.70 Å². The summed E-state index contributed by atoms with van der Waals surface area (Å²) in [6.07, 6.45) is 0. The van der Waals surface area contributed by atoms with Gasteiger partial charge in [0.1, 0.15) is 18.2 Å². The summed E-state index contributed by atoms with van der Waals surface area (Å²) < 4.78 is 12.3. The van der Waals surface area contributed by atoms with Crippen LogP contribution in [0.15, 0.2) is 42.5 Å². The van der Waals surface area contributed by atoms with E-state index < -0.39 is 0 Å². The number of hydrogen-bond acceptors (Lipinski definition) is 6. The van der Waals surface area contributed by atoms with Crippen molar-refractivity contribution in [2.45, 2.75) is 19.5 Å². The molecule has 6 nitrogen and oxygen atoms in total. The predicted molar refractivity (Wildman–Crippen MR) is 110 cm³/mol. The van der Waals surface area contributed by atoms with Gasteiger partial charge in [-0.05, 0) is 43.8 Å². The zero-order valence-corrected chi connectivity index (χ0v) is 16.8. The summed E-state index contributed by atoms with van der Waals surface area (Å²) >= 11 is 1.67. The van der Waals surface area contributed by atoms with E-state index in [1.54, 1.807) is 11.3 Å². The lowest BCUT2D eigenvalue weighted by molar-refractivity contribution is -0.122. The molecule has 0 spiro atoms. The highest BCUT2D eigenvalue weighted by Gasteiger charge is 2.17. The number of hydrogen-bond donors (Lipinski definition) is 1. The van der Waals surface area contributed by atoms with E-state index in [0.29, 0.717) is 26.3 Å². The maximum atomic E-state index is 12.5. The topological polar surface area (TPSA) is 63.7 Å². The number of nitrogens with zero attached hydrogens (tertiary/aromatic N) is 2. The standard InChI is InChI=1S/C21H23N3O3S/c1-14(15-7-8-17-18(11-15)27-10-9-26-17)22-20(25)12-24(2)13-21-23-16-5-3-4-6-19(16)28-21/h3-8,11,14H,9-10,12-13H2,1-2H3,(H,22,25)/t14-/m1/s1. The van der Waals surface area contributed by atoms with Gasteiger partial charge in [0, 0.05) is 0 Å². The molecule has 0 aliphatic carbocycles. The van der Waals surface area contributed by atoms with Gasteiger partial charge in [0.15, 0.2) is 11.5 Å². The summed E-state index contributed by atoms with van der Waals surface area (Å²) in [5.74, 6) is 1.47. The molecule has 0 radical (unpaired) electrons. The number of amides is 1. The van der Waals surface area contributed by atoms with Crippen molar-refractivity contribution < 1.29 is 14.3 Å². The number of thiazole rings is 1. The number of para-hydroxylation sites is 1. The number of fused-ring (bicyclic) bond motifs is 2. The van der Waals surface area contributed by atoms with Crippen LogP contribution in [0.3, 0.4) is 0 Å². The first-order valence-electron chi connectivity index (χ1n) is 9.30. The minimum atomic E-state index is -0.112. The minimum absolute atomic E-state index is 0.0222. The Morgan fingerprint density at radius 2 is 2.00 bits per heavy atom. The molecular formula is C21H23N3O3S. The largest absolute Gasteiger partial charge is 0.486 e.